The van der Waals surface area contributed by atoms with Crippen LogP contribution in [-0.4, -0.2) is 11.9 Å². The van der Waals surface area contributed by atoms with Crippen molar-refractivity contribution in [2.24, 2.45) is 23.7 Å². The Bertz CT molecular complexity index is 599. The van der Waals surface area contributed by atoms with Crippen LogP contribution in [0.1, 0.15) is 6.42 Å². The van der Waals surface area contributed by atoms with Crippen molar-refractivity contribution in [2.45, 2.75) is 6.42 Å². The second-order valence-corrected chi connectivity index (χ2v) is 5.29. The highest BCUT2D eigenvalue weighted by Gasteiger charge is 2.48. The van der Waals surface area contributed by atoms with Crippen molar-refractivity contribution >= 4 is 17.6 Å². The summed E-state index contributed by atoms with van der Waals surface area (Å²) in [6.45, 7) is 0. The van der Waals surface area contributed by atoms with E-state index in [0.717, 1.165) is 0 Å². The number of fused-ring (bicyclic) bond motifs is 2. The van der Waals surface area contributed by atoms with Gasteiger partial charge < -0.3 is 15.2 Å². The second-order valence-electron chi connectivity index (χ2n) is 5.29. The van der Waals surface area contributed by atoms with Gasteiger partial charge in [-0.15, -0.1) is 0 Å². The maximum absolute atomic E-state index is 13.5. The quantitative estimate of drug-likeness (QED) is 0.834. The fourth-order valence-corrected chi connectivity index (χ4v) is 3.28. The van der Waals surface area contributed by atoms with E-state index in [1.54, 1.807) is 6.07 Å². The third kappa shape index (κ3) is 1.99. The maximum Gasteiger partial charge on any atom is 0.228 e. The number of carboxylic acids is 1. The Morgan fingerprint density at radius 1 is 1.15 bits per heavy atom. The lowest BCUT2D eigenvalue weighted by Gasteiger charge is -2.27. The van der Waals surface area contributed by atoms with Crippen molar-refractivity contribution < 1.29 is 19.1 Å². The number of aliphatic carboxylic acids is 1. The van der Waals surface area contributed by atoms with E-state index in [9.17, 15) is 19.1 Å². The summed E-state index contributed by atoms with van der Waals surface area (Å²) in [5.74, 6) is -3.97. The van der Waals surface area contributed by atoms with Gasteiger partial charge in [0.1, 0.15) is 5.82 Å². The zero-order valence-corrected chi connectivity index (χ0v) is 10.6. The molecule has 1 fully saturated rings. The van der Waals surface area contributed by atoms with E-state index in [-0.39, 0.29) is 17.5 Å². The molecule has 4 atom stereocenters. The van der Waals surface area contributed by atoms with Gasteiger partial charge in [0, 0.05) is 11.9 Å². The number of carbonyl (C=O) groups is 2. The lowest BCUT2D eigenvalue weighted by atomic mass is 9.82. The molecule has 5 heteroatoms. The SMILES string of the molecule is O=C([O-])[C@H]1[C@H](C(=O)Nc2ccccc2F)[C@H]2C=C[C@@H]1C2. The average Bonchev–Trinajstić information content (AvgIpc) is 3.01. The summed E-state index contributed by atoms with van der Waals surface area (Å²) < 4.78 is 13.5. The number of anilines is 1. The molecular formula is C15H13FNO3-. The molecule has 1 saturated carbocycles. The minimum absolute atomic E-state index is 0.0707. The van der Waals surface area contributed by atoms with Crippen molar-refractivity contribution in [3.8, 4) is 0 Å². The summed E-state index contributed by atoms with van der Waals surface area (Å²) >= 11 is 0. The number of carbonyl (C=O) groups excluding carboxylic acids is 2. The molecule has 2 bridgehead atoms. The predicted octanol–water partition coefficient (Wildman–Crippen LogP) is 0.952. The van der Waals surface area contributed by atoms with Gasteiger partial charge in [-0.1, -0.05) is 24.3 Å². The van der Waals surface area contributed by atoms with Crippen LogP contribution in [0.25, 0.3) is 0 Å². The number of amides is 1. The second kappa shape index (κ2) is 4.74. The zero-order chi connectivity index (χ0) is 14.3. The fourth-order valence-electron chi connectivity index (χ4n) is 3.28. The van der Waals surface area contributed by atoms with Crippen LogP contribution in [0.5, 0.6) is 0 Å². The van der Waals surface area contributed by atoms with Crippen LogP contribution < -0.4 is 10.4 Å². The first-order valence-electron chi connectivity index (χ1n) is 6.52. The summed E-state index contributed by atoms with van der Waals surface area (Å²) in [6.07, 6.45) is 4.35. The molecular weight excluding hydrogens is 261 g/mol. The smallest absolute Gasteiger partial charge is 0.228 e. The molecule has 0 aromatic heterocycles. The summed E-state index contributed by atoms with van der Waals surface area (Å²) in [7, 11) is 0. The first-order chi connectivity index (χ1) is 9.58. The highest BCUT2D eigenvalue weighted by Crippen LogP contribution is 2.48. The molecule has 1 aromatic carbocycles. The van der Waals surface area contributed by atoms with Gasteiger partial charge in [0.2, 0.25) is 5.91 Å². The molecule has 0 unspecified atom stereocenters. The topological polar surface area (TPSA) is 69.2 Å². The number of halogens is 1. The van der Waals surface area contributed by atoms with E-state index in [2.05, 4.69) is 5.32 Å². The highest BCUT2D eigenvalue weighted by molar-refractivity contribution is 5.96. The van der Waals surface area contributed by atoms with Gasteiger partial charge in [0.25, 0.3) is 0 Å². The van der Waals surface area contributed by atoms with E-state index < -0.39 is 29.5 Å². The maximum atomic E-state index is 13.5. The minimum atomic E-state index is -1.21. The number of carboxylic acid groups (broad SMARTS) is 1. The molecule has 2 aliphatic rings. The molecule has 1 aromatic rings. The number of para-hydroxylation sites is 1. The molecule has 1 N–H and O–H groups in total. The monoisotopic (exact) mass is 274 g/mol. The molecule has 4 nitrogen and oxygen atoms in total. The molecule has 3 rings (SSSR count). The normalized spacial score (nSPS) is 30.4. The average molecular weight is 274 g/mol. The first-order valence-corrected chi connectivity index (χ1v) is 6.52. The largest absolute Gasteiger partial charge is 0.550 e. The van der Waals surface area contributed by atoms with Crippen molar-refractivity contribution in [3.05, 3.63) is 42.2 Å². The van der Waals surface area contributed by atoms with Gasteiger partial charge in [-0.05, 0) is 30.4 Å². The minimum Gasteiger partial charge on any atom is -0.550 e. The third-order valence-corrected chi connectivity index (χ3v) is 4.17. The molecule has 104 valence electrons. The van der Waals surface area contributed by atoms with Crippen LogP contribution in [0, 0.1) is 29.5 Å². The Morgan fingerprint density at radius 2 is 1.80 bits per heavy atom. The Morgan fingerprint density at radius 3 is 2.45 bits per heavy atom. The Kier molecular flexibility index (Phi) is 3.04. The molecule has 0 heterocycles. The summed E-state index contributed by atoms with van der Waals surface area (Å²) in [6, 6.07) is 5.82. The molecule has 0 radical (unpaired) electrons. The zero-order valence-electron chi connectivity index (χ0n) is 10.6. The van der Waals surface area contributed by atoms with E-state index >= 15 is 0 Å². The van der Waals surface area contributed by atoms with E-state index in [1.165, 1.54) is 18.2 Å². The Labute approximate surface area is 115 Å². The van der Waals surface area contributed by atoms with Gasteiger partial charge in [-0.3, -0.25) is 4.79 Å². The van der Waals surface area contributed by atoms with Crippen molar-refractivity contribution in [1.29, 1.82) is 0 Å². The standard InChI is InChI=1S/C15H14FNO3/c16-10-3-1-2-4-11(10)17-14(18)12-8-5-6-9(7-8)13(12)15(19)20/h1-6,8-9,12-13H,7H2,(H,17,18)(H,19,20)/p-1/t8-,9+,12+,13+/m0/s1. The molecule has 1 amide bonds. The van der Waals surface area contributed by atoms with Crippen LogP contribution >= 0.6 is 0 Å². The fraction of sp³-hybridized carbons (Fsp3) is 0.333. The van der Waals surface area contributed by atoms with E-state index in [1.807, 2.05) is 12.2 Å². The lowest BCUT2D eigenvalue weighted by Crippen LogP contribution is -2.42. The van der Waals surface area contributed by atoms with Gasteiger partial charge in [-0.25, -0.2) is 4.39 Å². The number of rotatable bonds is 3. The number of hydrogen-bond donors (Lipinski definition) is 1. The van der Waals surface area contributed by atoms with Crippen molar-refractivity contribution in [3.63, 3.8) is 0 Å². The van der Waals surface area contributed by atoms with Crippen LogP contribution in [0.15, 0.2) is 36.4 Å². The van der Waals surface area contributed by atoms with Crippen LogP contribution in [0.3, 0.4) is 0 Å². The number of allylic oxidation sites excluding steroid dienone is 2. The van der Waals surface area contributed by atoms with E-state index in [0.29, 0.717) is 6.42 Å². The molecule has 0 spiro atoms. The highest BCUT2D eigenvalue weighted by atomic mass is 19.1. The van der Waals surface area contributed by atoms with Crippen LogP contribution in [-0.2, 0) is 9.59 Å². The number of nitrogens with one attached hydrogen (secondary N) is 1. The predicted molar refractivity (Wildman–Crippen MR) is 67.8 cm³/mol. The molecule has 20 heavy (non-hydrogen) atoms. The van der Waals surface area contributed by atoms with Crippen molar-refractivity contribution in [1.82, 2.24) is 0 Å². The van der Waals surface area contributed by atoms with E-state index in [4.69, 9.17) is 0 Å². The molecule has 2 aliphatic carbocycles. The van der Waals surface area contributed by atoms with Gasteiger partial charge in [0.05, 0.1) is 11.6 Å². The summed E-state index contributed by atoms with van der Waals surface area (Å²) in [4.78, 5) is 23.5. The van der Waals surface area contributed by atoms with Crippen LogP contribution in [0.4, 0.5) is 10.1 Å². The number of hydrogen-bond acceptors (Lipinski definition) is 3. The summed E-state index contributed by atoms with van der Waals surface area (Å²) in [5.41, 5.74) is 0.0707. The molecule has 0 aliphatic heterocycles. The Hall–Kier alpha value is -2.17. The number of benzene rings is 1. The lowest BCUT2D eigenvalue weighted by molar-refractivity contribution is -0.313. The first kappa shape index (κ1) is 12.8. The van der Waals surface area contributed by atoms with Gasteiger partial charge in [0.15, 0.2) is 0 Å². The van der Waals surface area contributed by atoms with Gasteiger partial charge in [-0.2, -0.15) is 0 Å². The molecule has 0 saturated heterocycles. The third-order valence-electron chi connectivity index (χ3n) is 4.17. The Balaban J connectivity index is 1.82. The van der Waals surface area contributed by atoms with Crippen molar-refractivity contribution in [2.75, 3.05) is 5.32 Å². The van der Waals surface area contributed by atoms with Crippen LogP contribution in [0.2, 0.25) is 0 Å². The van der Waals surface area contributed by atoms with Gasteiger partial charge >= 0.3 is 0 Å². The summed E-state index contributed by atoms with van der Waals surface area (Å²) in [5, 5.41) is 13.7.